The molecule has 4 aromatic carbocycles. The average Bonchev–Trinajstić information content (AvgIpc) is 2.97. The van der Waals surface area contributed by atoms with Crippen molar-refractivity contribution in [2.45, 2.75) is 106 Å². The Kier molecular flexibility index (Phi) is 11.6. The molecule has 0 radical (unpaired) electrons. The Morgan fingerprint density at radius 2 is 0.738 bits per heavy atom. The molecule has 4 aromatic rings. The highest BCUT2D eigenvalue weighted by Crippen LogP contribution is 2.60. The number of hydrogen-bond acceptors (Lipinski definition) is 0. The highest BCUT2D eigenvalue weighted by Gasteiger charge is 2.36. The van der Waals surface area contributed by atoms with Crippen LogP contribution in [0.3, 0.4) is 0 Å². The van der Waals surface area contributed by atoms with E-state index in [1.54, 1.807) is 21.2 Å². The van der Waals surface area contributed by atoms with Crippen molar-refractivity contribution in [3.63, 3.8) is 0 Å². The first kappa shape index (κ1) is 32.6. The summed E-state index contributed by atoms with van der Waals surface area (Å²) < 4.78 is 0. The van der Waals surface area contributed by atoms with Gasteiger partial charge in [-0.15, -0.1) is 0 Å². The van der Waals surface area contributed by atoms with E-state index in [1.807, 2.05) is 0 Å². The molecular formula is C40H52P2. The van der Waals surface area contributed by atoms with Gasteiger partial charge in [-0.3, -0.25) is 0 Å². The Hall–Kier alpha value is -2.26. The zero-order chi connectivity index (χ0) is 30.4. The second-order valence-electron chi connectivity index (χ2n) is 12.3. The van der Waals surface area contributed by atoms with Gasteiger partial charge in [-0.1, -0.05) is 112 Å². The lowest BCUT2D eigenvalue weighted by Crippen LogP contribution is -2.31. The van der Waals surface area contributed by atoms with Crippen molar-refractivity contribution in [2.75, 3.05) is 0 Å². The lowest BCUT2D eigenvalue weighted by molar-refractivity contribution is 0.621. The molecular weight excluding hydrogens is 542 g/mol. The molecule has 0 spiro atoms. The average molecular weight is 595 g/mol. The van der Waals surface area contributed by atoms with E-state index in [2.05, 4.69) is 135 Å². The van der Waals surface area contributed by atoms with Crippen molar-refractivity contribution in [2.24, 2.45) is 0 Å². The molecule has 0 heterocycles. The van der Waals surface area contributed by atoms with Gasteiger partial charge in [-0.25, -0.2) is 0 Å². The molecule has 0 nitrogen and oxygen atoms in total. The van der Waals surface area contributed by atoms with Crippen molar-refractivity contribution >= 4 is 37.1 Å². The largest absolute Gasteiger partial charge is 0.0654 e. The number of aryl methyl sites for hydroxylation is 4. The van der Waals surface area contributed by atoms with E-state index in [9.17, 15) is 0 Å². The number of rotatable bonds is 12. The van der Waals surface area contributed by atoms with E-state index in [0.29, 0.717) is 5.40 Å². The van der Waals surface area contributed by atoms with Crippen molar-refractivity contribution in [1.82, 2.24) is 0 Å². The Morgan fingerprint density at radius 1 is 0.429 bits per heavy atom. The van der Waals surface area contributed by atoms with E-state index in [-0.39, 0.29) is 0 Å². The molecule has 0 amide bonds. The topological polar surface area (TPSA) is 0 Å². The van der Waals surface area contributed by atoms with Crippen molar-refractivity contribution in [3.05, 3.63) is 117 Å². The fourth-order valence-corrected chi connectivity index (χ4v) is 14.4. The molecule has 0 fully saturated rings. The van der Waals surface area contributed by atoms with Crippen molar-refractivity contribution in [1.29, 1.82) is 0 Å². The van der Waals surface area contributed by atoms with Crippen LogP contribution in [-0.2, 0) is 0 Å². The van der Waals surface area contributed by atoms with Gasteiger partial charge in [0.05, 0.1) is 0 Å². The highest BCUT2D eigenvalue weighted by molar-refractivity contribution is 7.89. The molecule has 0 bridgehead atoms. The summed E-state index contributed by atoms with van der Waals surface area (Å²) in [4.78, 5) is 0. The van der Waals surface area contributed by atoms with E-state index < -0.39 is 15.8 Å². The van der Waals surface area contributed by atoms with Gasteiger partial charge in [0, 0.05) is 5.40 Å². The highest BCUT2D eigenvalue weighted by atomic mass is 31.2. The Morgan fingerprint density at radius 3 is 1.05 bits per heavy atom. The molecule has 0 aliphatic rings. The van der Waals surface area contributed by atoms with Crippen LogP contribution in [-0.4, -0.2) is 5.40 Å². The normalized spacial score (nSPS) is 11.7. The third-order valence-corrected chi connectivity index (χ3v) is 16.6. The maximum absolute atomic E-state index is 2.47. The first-order valence-electron chi connectivity index (χ1n) is 16.0. The molecule has 4 rings (SSSR count). The summed E-state index contributed by atoms with van der Waals surface area (Å²) >= 11 is 0. The van der Waals surface area contributed by atoms with Crippen LogP contribution < -0.4 is 21.2 Å². The predicted octanol–water partition coefficient (Wildman–Crippen LogP) is 10.4. The van der Waals surface area contributed by atoms with Crippen LogP contribution in [0.4, 0.5) is 0 Å². The van der Waals surface area contributed by atoms with Gasteiger partial charge in [0.2, 0.25) is 0 Å². The van der Waals surface area contributed by atoms with Gasteiger partial charge >= 0.3 is 0 Å². The van der Waals surface area contributed by atoms with Gasteiger partial charge in [-0.05, 0) is 143 Å². The quantitative estimate of drug-likeness (QED) is 0.113. The first-order chi connectivity index (χ1) is 20.2. The summed E-state index contributed by atoms with van der Waals surface area (Å²) in [5.41, 5.74) is 11.6. The Labute approximate surface area is 259 Å². The first-order valence-corrected chi connectivity index (χ1v) is 18.8. The van der Waals surface area contributed by atoms with E-state index in [4.69, 9.17) is 0 Å². The number of hydrogen-bond donors (Lipinski definition) is 0. The Balaban J connectivity index is 2.05. The second-order valence-corrected chi connectivity index (χ2v) is 17.4. The van der Waals surface area contributed by atoms with E-state index in [1.165, 1.54) is 83.0 Å². The van der Waals surface area contributed by atoms with Crippen molar-refractivity contribution in [3.8, 4) is 0 Å². The van der Waals surface area contributed by atoms with Gasteiger partial charge in [0.1, 0.15) is 0 Å². The van der Waals surface area contributed by atoms with Crippen LogP contribution in [0.1, 0.15) is 90.0 Å². The van der Waals surface area contributed by atoms with Gasteiger partial charge < -0.3 is 0 Å². The third-order valence-electron chi connectivity index (χ3n) is 9.50. The summed E-state index contributed by atoms with van der Waals surface area (Å²) in [6.07, 6.45) is 7.88. The predicted molar refractivity (Wildman–Crippen MR) is 193 cm³/mol. The zero-order valence-electron chi connectivity index (χ0n) is 27.6. The number of benzene rings is 4. The minimum atomic E-state index is -0.615. The van der Waals surface area contributed by atoms with E-state index >= 15 is 0 Å². The fourth-order valence-electron chi connectivity index (χ4n) is 6.19. The molecule has 0 aromatic heterocycles. The van der Waals surface area contributed by atoms with Crippen LogP contribution in [0.2, 0.25) is 0 Å². The molecule has 0 unspecified atom stereocenters. The fraction of sp³-hybridized carbons (Fsp3) is 0.400. The lowest BCUT2D eigenvalue weighted by Gasteiger charge is -2.39. The van der Waals surface area contributed by atoms with Gasteiger partial charge in [-0.2, -0.15) is 0 Å². The molecule has 0 atom stereocenters. The second kappa shape index (κ2) is 15.0. The van der Waals surface area contributed by atoms with Crippen LogP contribution in [0.5, 0.6) is 0 Å². The minimum absolute atomic E-state index is 0.554. The molecule has 222 valence electrons. The SMILES string of the molecule is CCCCCCCC(P(c1cccc(C)c1C)c1cccc(C)c1C)P(c1cccc(C)c1C)c1cccc(C)c1C. The van der Waals surface area contributed by atoms with Crippen LogP contribution in [0, 0.1) is 55.4 Å². The summed E-state index contributed by atoms with van der Waals surface area (Å²) in [7, 11) is -1.23. The summed E-state index contributed by atoms with van der Waals surface area (Å²) in [5, 5.41) is 6.89. The molecule has 0 aliphatic carbocycles. The molecule has 0 saturated heterocycles. The summed E-state index contributed by atoms with van der Waals surface area (Å²) in [6, 6.07) is 28.3. The molecule has 0 N–H and O–H groups in total. The molecule has 42 heavy (non-hydrogen) atoms. The summed E-state index contributed by atoms with van der Waals surface area (Å²) in [5.74, 6) is 0. The zero-order valence-corrected chi connectivity index (χ0v) is 29.4. The monoisotopic (exact) mass is 594 g/mol. The summed E-state index contributed by atoms with van der Waals surface area (Å²) in [6.45, 7) is 21.0. The maximum Gasteiger partial charge on any atom is 0.0155 e. The lowest BCUT2D eigenvalue weighted by atomic mass is 10.1. The Bertz CT molecular complexity index is 1290. The van der Waals surface area contributed by atoms with Crippen LogP contribution >= 0.6 is 15.8 Å². The third kappa shape index (κ3) is 7.09. The number of unbranched alkanes of at least 4 members (excludes halogenated alkanes) is 4. The molecule has 2 heteroatoms. The van der Waals surface area contributed by atoms with Crippen LogP contribution in [0.15, 0.2) is 72.8 Å². The van der Waals surface area contributed by atoms with Crippen molar-refractivity contribution < 1.29 is 0 Å². The smallest absolute Gasteiger partial charge is 0.0155 e. The van der Waals surface area contributed by atoms with Crippen LogP contribution in [0.25, 0.3) is 0 Å². The van der Waals surface area contributed by atoms with Gasteiger partial charge in [0.25, 0.3) is 0 Å². The molecule has 0 saturated carbocycles. The maximum atomic E-state index is 2.47. The van der Waals surface area contributed by atoms with Gasteiger partial charge in [0.15, 0.2) is 0 Å². The minimum Gasteiger partial charge on any atom is -0.0654 e. The standard InChI is InChI=1S/C40H52P2/c1-10-11-12-13-14-27-40(41(36-23-15-19-28(2)32(36)6)37-24-16-20-29(3)33(37)7)42(38-25-17-21-30(4)34(38)8)39-26-18-22-31(5)35(39)9/h15-26,40H,10-14,27H2,1-9H3. The van der Waals surface area contributed by atoms with E-state index in [0.717, 1.165) is 0 Å². The molecule has 0 aliphatic heterocycles.